The van der Waals surface area contributed by atoms with E-state index in [0.717, 1.165) is 11.8 Å². The Kier molecular flexibility index (Phi) is 5.23. The zero-order valence-electron chi connectivity index (χ0n) is 13.3. The van der Waals surface area contributed by atoms with Crippen molar-refractivity contribution >= 4 is 12.2 Å². The summed E-state index contributed by atoms with van der Waals surface area (Å²) in [5.41, 5.74) is 1.18. The van der Waals surface area contributed by atoms with E-state index >= 15 is 0 Å². The minimum absolute atomic E-state index is 0.120. The summed E-state index contributed by atoms with van der Waals surface area (Å²) in [6, 6.07) is 16.2. The van der Waals surface area contributed by atoms with Gasteiger partial charge in [0.2, 0.25) is 6.10 Å². The van der Waals surface area contributed by atoms with Gasteiger partial charge in [0.15, 0.2) is 6.29 Å². The molecule has 0 bridgehead atoms. The van der Waals surface area contributed by atoms with Crippen LogP contribution in [0.15, 0.2) is 54.6 Å². The molecule has 3 rings (SSSR count). The van der Waals surface area contributed by atoms with Gasteiger partial charge in [-0.1, -0.05) is 42.5 Å². The number of morpholine rings is 1. The van der Waals surface area contributed by atoms with E-state index in [4.69, 9.17) is 9.47 Å². The van der Waals surface area contributed by atoms with Crippen molar-refractivity contribution in [3.63, 3.8) is 0 Å². The summed E-state index contributed by atoms with van der Waals surface area (Å²) in [4.78, 5) is 25.9. The van der Waals surface area contributed by atoms with Crippen LogP contribution < -0.4 is 4.74 Å². The van der Waals surface area contributed by atoms with Gasteiger partial charge in [0.25, 0.3) is 5.91 Å². The molecule has 2 aromatic carbocycles. The van der Waals surface area contributed by atoms with E-state index in [0.29, 0.717) is 37.6 Å². The van der Waals surface area contributed by atoms with Crippen molar-refractivity contribution in [1.82, 2.24) is 4.90 Å². The number of rotatable bonds is 5. The van der Waals surface area contributed by atoms with Crippen LogP contribution in [0.2, 0.25) is 0 Å². The third-order valence-corrected chi connectivity index (χ3v) is 3.94. The summed E-state index contributed by atoms with van der Waals surface area (Å²) in [7, 11) is 0. The predicted octanol–water partition coefficient (Wildman–Crippen LogP) is 2.48. The van der Waals surface area contributed by atoms with Crippen LogP contribution >= 0.6 is 0 Å². The second kappa shape index (κ2) is 7.75. The Labute approximate surface area is 140 Å². The van der Waals surface area contributed by atoms with Crippen LogP contribution in [-0.2, 0) is 9.53 Å². The molecule has 0 saturated carbocycles. The first-order chi connectivity index (χ1) is 11.8. The number of aldehydes is 1. The van der Waals surface area contributed by atoms with Crippen LogP contribution in [0, 0.1) is 0 Å². The molecule has 124 valence electrons. The first-order valence-corrected chi connectivity index (χ1v) is 7.92. The average molecular weight is 325 g/mol. The minimum Gasteiger partial charge on any atom is -0.475 e. The maximum Gasteiger partial charge on any atom is 0.268 e. The van der Waals surface area contributed by atoms with Gasteiger partial charge in [-0.3, -0.25) is 9.59 Å². The monoisotopic (exact) mass is 325 g/mol. The molecule has 1 amide bonds. The Morgan fingerprint density at radius 3 is 2.42 bits per heavy atom. The number of amides is 1. The Hall–Kier alpha value is -2.66. The summed E-state index contributed by atoms with van der Waals surface area (Å²) in [6.45, 7) is 2.14. The van der Waals surface area contributed by atoms with E-state index < -0.39 is 6.10 Å². The summed E-state index contributed by atoms with van der Waals surface area (Å²) < 4.78 is 11.3. The number of benzene rings is 2. The lowest BCUT2D eigenvalue weighted by Crippen LogP contribution is -2.44. The molecule has 5 nitrogen and oxygen atoms in total. The van der Waals surface area contributed by atoms with Gasteiger partial charge in [0, 0.05) is 18.7 Å². The molecule has 2 aromatic rings. The fourth-order valence-corrected chi connectivity index (χ4v) is 2.65. The molecule has 1 fully saturated rings. The number of para-hydroxylation sites is 1. The average Bonchev–Trinajstić information content (AvgIpc) is 2.67. The molecule has 1 aliphatic heterocycles. The molecular weight excluding hydrogens is 306 g/mol. The van der Waals surface area contributed by atoms with Crippen molar-refractivity contribution in [2.24, 2.45) is 0 Å². The minimum atomic E-state index is -0.787. The van der Waals surface area contributed by atoms with E-state index in [1.54, 1.807) is 29.2 Å². The fraction of sp³-hybridized carbons (Fsp3) is 0.263. The first kappa shape index (κ1) is 16.2. The molecule has 0 radical (unpaired) electrons. The van der Waals surface area contributed by atoms with E-state index in [-0.39, 0.29) is 5.91 Å². The number of hydrogen-bond donors (Lipinski definition) is 0. The maximum absolute atomic E-state index is 13.0. The van der Waals surface area contributed by atoms with Crippen molar-refractivity contribution in [3.05, 3.63) is 65.7 Å². The summed E-state index contributed by atoms with van der Waals surface area (Å²) >= 11 is 0. The summed E-state index contributed by atoms with van der Waals surface area (Å²) in [5.74, 6) is 0.285. The smallest absolute Gasteiger partial charge is 0.268 e. The highest BCUT2D eigenvalue weighted by atomic mass is 16.5. The van der Waals surface area contributed by atoms with Crippen molar-refractivity contribution in [2.75, 3.05) is 26.3 Å². The largest absolute Gasteiger partial charge is 0.475 e. The van der Waals surface area contributed by atoms with Crippen LogP contribution in [0.4, 0.5) is 0 Å². The standard InChI is InChI=1S/C19H19NO4/c21-14-16-8-4-5-9-17(16)24-18(15-6-2-1-3-7-15)19(22)20-10-12-23-13-11-20/h1-9,14,18H,10-13H2/t18-/m0/s1. The van der Waals surface area contributed by atoms with Crippen LogP contribution in [0.1, 0.15) is 22.0 Å². The second-order valence-corrected chi connectivity index (χ2v) is 5.50. The number of carbonyl (C=O) groups is 2. The molecular formula is C19H19NO4. The first-order valence-electron chi connectivity index (χ1n) is 7.92. The molecule has 5 heteroatoms. The van der Waals surface area contributed by atoms with Gasteiger partial charge in [-0.2, -0.15) is 0 Å². The quantitative estimate of drug-likeness (QED) is 0.793. The summed E-state index contributed by atoms with van der Waals surface area (Å²) in [6.07, 6.45) is -0.0539. The highest BCUT2D eigenvalue weighted by Gasteiger charge is 2.29. The van der Waals surface area contributed by atoms with Crippen LogP contribution in [0.3, 0.4) is 0 Å². The van der Waals surface area contributed by atoms with E-state index in [9.17, 15) is 9.59 Å². The third kappa shape index (κ3) is 3.63. The highest BCUT2D eigenvalue weighted by Crippen LogP contribution is 2.26. The van der Waals surface area contributed by atoms with Gasteiger partial charge >= 0.3 is 0 Å². The number of nitrogens with zero attached hydrogens (tertiary/aromatic N) is 1. The predicted molar refractivity (Wildman–Crippen MR) is 89.0 cm³/mol. The fourth-order valence-electron chi connectivity index (χ4n) is 2.65. The number of hydrogen-bond acceptors (Lipinski definition) is 4. The molecule has 0 spiro atoms. The van der Waals surface area contributed by atoms with Crippen molar-refractivity contribution in [3.8, 4) is 5.75 Å². The van der Waals surface area contributed by atoms with Gasteiger partial charge < -0.3 is 14.4 Å². The topological polar surface area (TPSA) is 55.8 Å². The van der Waals surface area contributed by atoms with Gasteiger partial charge in [-0.25, -0.2) is 0 Å². The molecule has 0 aromatic heterocycles. The van der Waals surface area contributed by atoms with Gasteiger partial charge in [-0.05, 0) is 12.1 Å². The van der Waals surface area contributed by atoms with Gasteiger partial charge in [0.1, 0.15) is 5.75 Å². The SMILES string of the molecule is O=Cc1ccccc1O[C@H](C(=O)N1CCOCC1)c1ccccc1. The lowest BCUT2D eigenvalue weighted by atomic mass is 10.1. The number of carbonyl (C=O) groups excluding carboxylic acids is 2. The van der Waals surface area contributed by atoms with E-state index in [2.05, 4.69) is 0 Å². The van der Waals surface area contributed by atoms with Crippen LogP contribution in [-0.4, -0.2) is 43.4 Å². The maximum atomic E-state index is 13.0. The lowest BCUT2D eigenvalue weighted by Gasteiger charge is -2.30. The zero-order valence-corrected chi connectivity index (χ0v) is 13.3. The Morgan fingerprint density at radius 1 is 1.04 bits per heavy atom. The Morgan fingerprint density at radius 2 is 1.71 bits per heavy atom. The van der Waals surface area contributed by atoms with Crippen molar-refractivity contribution < 1.29 is 19.1 Å². The molecule has 0 unspecified atom stereocenters. The molecule has 1 aliphatic rings. The Balaban J connectivity index is 1.90. The van der Waals surface area contributed by atoms with Crippen LogP contribution in [0.25, 0.3) is 0 Å². The highest BCUT2D eigenvalue weighted by molar-refractivity contribution is 5.84. The molecule has 24 heavy (non-hydrogen) atoms. The normalized spacial score (nSPS) is 15.6. The van der Waals surface area contributed by atoms with Gasteiger partial charge in [0.05, 0.1) is 18.8 Å². The zero-order chi connectivity index (χ0) is 16.8. The lowest BCUT2D eigenvalue weighted by molar-refractivity contribution is -0.143. The molecule has 1 atom stereocenters. The van der Waals surface area contributed by atoms with E-state index in [1.807, 2.05) is 30.3 Å². The molecule has 1 heterocycles. The van der Waals surface area contributed by atoms with E-state index in [1.165, 1.54) is 0 Å². The second-order valence-electron chi connectivity index (χ2n) is 5.50. The van der Waals surface area contributed by atoms with Gasteiger partial charge in [-0.15, -0.1) is 0 Å². The number of ether oxygens (including phenoxy) is 2. The van der Waals surface area contributed by atoms with Crippen molar-refractivity contribution in [1.29, 1.82) is 0 Å². The van der Waals surface area contributed by atoms with Crippen molar-refractivity contribution in [2.45, 2.75) is 6.10 Å². The molecule has 0 aliphatic carbocycles. The summed E-state index contributed by atoms with van der Waals surface area (Å²) in [5, 5.41) is 0. The molecule has 1 saturated heterocycles. The third-order valence-electron chi connectivity index (χ3n) is 3.94. The Bertz CT molecular complexity index is 696. The molecule has 0 N–H and O–H groups in total. The van der Waals surface area contributed by atoms with Crippen LogP contribution in [0.5, 0.6) is 5.75 Å².